The summed E-state index contributed by atoms with van der Waals surface area (Å²) in [5.74, 6) is 1.80. The molecule has 0 saturated carbocycles. The van der Waals surface area contributed by atoms with E-state index in [1.54, 1.807) is 7.11 Å². The molecular weight excluding hydrogens is 463 g/mol. The van der Waals surface area contributed by atoms with Crippen molar-refractivity contribution in [1.29, 1.82) is 0 Å². The molecule has 1 heterocycles. The molecule has 1 saturated heterocycles. The molecule has 0 aromatic heterocycles. The van der Waals surface area contributed by atoms with Gasteiger partial charge < -0.3 is 20.3 Å². The maximum Gasteiger partial charge on any atom is 0.191 e. The van der Waals surface area contributed by atoms with Gasteiger partial charge in [0.2, 0.25) is 0 Å². The number of anilines is 1. The molecular formula is C22H31IN4O. The van der Waals surface area contributed by atoms with Crippen molar-refractivity contribution in [3.8, 4) is 5.75 Å². The zero-order chi connectivity index (χ0) is 19.1. The van der Waals surface area contributed by atoms with Crippen LogP contribution in [0, 0.1) is 6.92 Å². The van der Waals surface area contributed by atoms with Crippen molar-refractivity contribution >= 4 is 35.6 Å². The first-order chi connectivity index (χ1) is 13.2. The Labute approximate surface area is 185 Å². The zero-order valence-corrected chi connectivity index (χ0v) is 19.3. The number of halogens is 1. The number of nitrogens with zero attached hydrogens (tertiary/aromatic N) is 2. The molecule has 2 N–H and O–H groups in total. The van der Waals surface area contributed by atoms with Gasteiger partial charge in [0.05, 0.1) is 13.7 Å². The number of benzene rings is 2. The number of guanidine groups is 1. The smallest absolute Gasteiger partial charge is 0.191 e. The van der Waals surface area contributed by atoms with Gasteiger partial charge in [0.15, 0.2) is 5.96 Å². The first-order valence-corrected chi connectivity index (χ1v) is 9.68. The van der Waals surface area contributed by atoms with Gasteiger partial charge in [-0.1, -0.05) is 30.3 Å². The first-order valence-electron chi connectivity index (χ1n) is 9.68. The monoisotopic (exact) mass is 494 g/mol. The van der Waals surface area contributed by atoms with Gasteiger partial charge in [0.25, 0.3) is 0 Å². The van der Waals surface area contributed by atoms with E-state index in [2.05, 4.69) is 71.8 Å². The van der Waals surface area contributed by atoms with E-state index in [0.29, 0.717) is 12.6 Å². The maximum atomic E-state index is 5.33. The van der Waals surface area contributed by atoms with E-state index < -0.39 is 0 Å². The van der Waals surface area contributed by atoms with Crippen molar-refractivity contribution in [1.82, 2.24) is 10.6 Å². The van der Waals surface area contributed by atoms with E-state index in [0.717, 1.165) is 43.3 Å². The molecule has 3 rings (SSSR count). The molecule has 2 aromatic carbocycles. The fraction of sp³-hybridized carbons (Fsp3) is 0.409. The summed E-state index contributed by atoms with van der Waals surface area (Å²) >= 11 is 0. The second-order valence-electron chi connectivity index (χ2n) is 6.91. The minimum atomic E-state index is 0. The molecule has 152 valence electrons. The largest absolute Gasteiger partial charge is 0.496 e. The SMILES string of the molecule is CCNC(=NCc1ccc(OC)c(C)c1)NC1CCN(c2ccccc2)C1.I. The zero-order valence-electron chi connectivity index (χ0n) is 16.9. The van der Waals surface area contributed by atoms with E-state index in [9.17, 15) is 0 Å². The molecule has 1 unspecified atom stereocenters. The number of hydrogen-bond donors (Lipinski definition) is 2. The van der Waals surface area contributed by atoms with Gasteiger partial charge >= 0.3 is 0 Å². The van der Waals surface area contributed by atoms with Gasteiger partial charge in [-0.25, -0.2) is 4.99 Å². The highest BCUT2D eigenvalue weighted by atomic mass is 127. The lowest BCUT2D eigenvalue weighted by Gasteiger charge is -2.20. The summed E-state index contributed by atoms with van der Waals surface area (Å²) < 4.78 is 5.33. The summed E-state index contributed by atoms with van der Waals surface area (Å²) in [6, 6.07) is 17.2. The summed E-state index contributed by atoms with van der Waals surface area (Å²) in [5, 5.41) is 6.96. The van der Waals surface area contributed by atoms with Crippen LogP contribution in [0.1, 0.15) is 24.5 Å². The van der Waals surface area contributed by atoms with Crippen molar-refractivity contribution in [3.63, 3.8) is 0 Å². The average molecular weight is 494 g/mol. The first kappa shape index (κ1) is 22.3. The number of aliphatic imine (C=N–C) groups is 1. The third kappa shape index (κ3) is 6.02. The fourth-order valence-electron chi connectivity index (χ4n) is 3.47. The van der Waals surface area contributed by atoms with Crippen LogP contribution in [0.25, 0.3) is 0 Å². The second-order valence-corrected chi connectivity index (χ2v) is 6.91. The standard InChI is InChI=1S/C22H30N4O.HI/c1-4-23-22(24-15-18-10-11-21(27-3)17(2)14-18)25-19-12-13-26(16-19)20-8-6-5-7-9-20;/h5-11,14,19H,4,12-13,15-16H2,1-3H3,(H2,23,24,25);1H. The molecule has 1 atom stereocenters. The lowest BCUT2D eigenvalue weighted by molar-refractivity contribution is 0.411. The lowest BCUT2D eigenvalue weighted by Crippen LogP contribution is -2.44. The van der Waals surface area contributed by atoms with Gasteiger partial charge in [-0.3, -0.25) is 0 Å². The van der Waals surface area contributed by atoms with E-state index in [1.807, 2.05) is 6.07 Å². The number of hydrogen-bond acceptors (Lipinski definition) is 3. The molecule has 28 heavy (non-hydrogen) atoms. The number of ether oxygens (including phenoxy) is 1. The Balaban J connectivity index is 0.00000280. The molecule has 0 bridgehead atoms. The molecule has 0 amide bonds. The molecule has 0 aliphatic carbocycles. The number of rotatable bonds is 6. The summed E-state index contributed by atoms with van der Waals surface area (Å²) in [6.45, 7) is 7.72. The number of aryl methyl sites for hydroxylation is 1. The van der Waals surface area contributed by atoms with Crippen molar-refractivity contribution in [2.24, 2.45) is 4.99 Å². The van der Waals surface area contributed by atoms with Crippen LogP contribution in [0.5, 0.6) is 5.75 Å². The number of methoxy groups -OCH3 is 1. The molecule has 6 heteroatoms. The summed E-state index contributed by atoms with van der Waals surface area (Å²) in [5.41, 5.74) is 3.61. The van der Waals surface area contributed by atoms with Crippen LogP contribution < -0.4 is 20.3 Å². The molecule has 1 fully saturated rings. The van der Waals surface area contributed by atoms with Crippen molar-refractivity contribution in [2.75, 3.05) is 31.6 Å². The Hall–Kier alpha value is -1.96. The van der Waals surface area contributed by atoms with E-state index in [1.165, 1.54) is 11.3 Å². The van der Waals surface area contributed by atoms with Crippen LogP contribution in [-0.4, -0.2) is 38.7 Å². The minimum absolute atomic E-state index is 0. The van der Waals surface area contributed by atoms with E-state index in [4.69, 9.17) is 9.73 Å². The van der Waals surface area contributed by atoms with Crippen LogP contribution in [-0.2, 0) is 6.54 Å². The molecule has 1 aliphatic rings. The predicted molar refractivity (Wildman–Crippen MR) is 128 cm³/mol. The Morgan fingerprint density at radius 2 is 2.00 bits per heavy atom. The Morgan fingerprint density at radius 3 is 2.68 bits per heavy atom. The highest BCUT2D eigenvalue weighted by Gasteiger charge is 2.23. The van der Waals surface area contributed by atoms with E-state index in [-0.39, 0.29) is 24.0 Å². The van der Waals surface area contributed by atoms with Crippen molar-refractivity contribution in [2.45, 2.75) is 32.9 Å². The van der Waals surface area contributed by atoms with Gasteiger partial charge in [-0.15, -0.1) is 24.0 Å². The predicted octanol–water partition coefficient (Wildman–Crippen LogP) is 3.96. The molecule has 5 nitrogen and oxygen atoms in total. The summed E-state index contributed by atoms with van der Waals surface area (Å²) in [6.07, 6.45) is 1.11. The van der Waals surface area contributed by atoms with Gasteiger partial charge in [-0.05, 0) is 49.6 Å². The molecule has 0 radical (unpaired) electrons. The van der Waals surface area contributed by atoms with E-state index >= 15 is 0 Å². The third-order valence-electron chi connectivity index (χ3n) is 4.87. The highest BCUT2D eigenvalue weighted by Crippen LogP contribution is 2.20. The van der Waals surface area contributed by atoms with Gasteiger partial charge in [0, 0.05) is 31.4 Å². The molecule has 1 aliphatic heterocycles. The number of para-hydroxylation sites is 1. The maximum absolute atomic E-state index is 5.33. The topological polar surface area (TPSA) is 48.9 Å². The Kier molecular flexibility index (Phi) is 8.89. The second kappa shape index (κ2) is 11.1. The van der Waals surface area contributed by atoms with Crippen LogP contribution in [0.3, 0.4) is 0 Å². The normalized spacial score (nSPS) is 16.5. The van der Waals surface area contributed by atoms with Crippen LogP contribution in [0.4, 0.5) is 5.69 Å². The highest BCUT2D eigenvalue weighted by molar-refractivity contribution is 14.0. The summed E-state index contributed by atoms with van der Waals surface area (Å²) in [4.78, 5) is 7.20. The summed E-state index contributed by atoms with van der Waals surface area (Å²) in [7, 11) is 1.70. The number of nitrogens with one attached hydrogen (secondary N) is 2. The van der Waals surface area contributed by atoms with Crippen molar-refractivity contribution in [3.05, 3.63) is 59.7 Å². The van der Waals surface area contributed by atoms with Crippen molar-refractivity contribution < 1.29 is 4.74 Å². The van der Waals surface area contributed by atoms with Gasteiger partial charge in [-0.2, -0.15) is 0 Å². The van der Waals surface area contributed by atoms with Crippen LogP contribution in [0.15, 0.2) is 53.5 Å². The van der Waals surface area contributed by atoms with Crippen LogP contribution in [0.2, 0.25) is 0 Å². The minimum Gasteiger partial charge on any atom is -0.496 e. The molecule has 0 spiro atoms. The van der Waals surface area contributed by atoms with Crippen LogP contribution >= 0.6 is 24.0 Å². The molecule has 2 aromatic rings. The Bertz CT molecular complexity index is 766. The quantitative estimate of drug-likeness (QED) is 0.363. The third-order valence-corrected chi connectivity index (χ3v) is 4.87. The lowest BCUT2D eigenvalue weighted by atomic mass is 10.1. The Morgan fingerprint density at radius 1 is 1.21 bits per heavy atom. The fourth-order valence-corrected chi connectivity index (χ4v) is 3.47. The average Bonchev–Trinajstić information content (AvgIpc) is 3.16. The van der Waals surface area contributed by atoms with Gasteiger partial charge in [0.1, 0.15) is 5.75 Å².